The molecule has 3 aliphatic heterocycles. The molecule has 7 N–H and O–H groups in total. The van der Waals surface area contributed by atoms with Crippen molar-refractivity contribution < 1.29 is 72.1 Å². The van der Waals surface area contributed by atoms with E-state index in [1.54, 1.807) is 19.9 Å². The number of ether oxygens (including phenoxy) is 1. The molecule has 1 unspecified atom stereocenters. The molecule has 464 valence electrons. The van der Waals surface area contributed by atoms with Crippen LogP contribution in [-0.2, 0) is 40.1 Å². The van der Waals surface area contributed by atoms with Crippen LogP contribution < -0.4 is 32.3 Å². The number of rotatable bonds is 29. The predicted molar refractivity (Wildman–Crippen MR) is 316 cm³/mol. The molecule has 0 fully saturated rings. The summed E-state index contributed by atoms with van der Waals surface area (Å²) in [5, 5.41) is 37.7. The van der Waals surface area contributed by atoms with E-state index >= 15 is 0 Å². The van der Waals surface area contributed by atoms with Crippen LogP contribution in [0.3, 0.4) is 0 Å². The molecule has 89 heavy (non-hydrogen) atoms. The average molecular weight is 1220 g/mol. The fourth-order valence-electron chi connectivity index (χ4n) is 10.4. The summed E-state index contributed by atoms with van der Waals surface area (Å²) in [6.45, 7) is 1.52. The molecule has 3 heterocycles. The van der Waals surface area contributed by atoms with E-state index in [4.69, 9.17) is 10.5 Å². The van der Waals surface area contributed by atoms with Gasteiger partial charge >= 0.3 is 12.1 Å². The first-order valence-electron chi connectivity index (χ1n) is 28.4. The molecule has 29 nitrogen and oxygen atoms in total. The number of primary amides is 1. The number of hydrogen-bond donors (Lipinski definition) is 6. The monoisotopic (exact) mass is 1220 g/mol. The topological polar surface area (TPSA) is 399 Å². The molecule has 5 aromatic carbocycles. The second-order valence-corrected chi connectivity index (χ2v) is 21.5. The minimum absolute atomic E-state index is 0.0285. The summed E-state index contributed by atoms with van der Waals surface area (Å²) in [7, 11) is 0. The summed E-state index contributed by atoms with van der Waals surface area (Å²) in [5.74, 6) is -7.03. The van der Waals surface area contributed by atoms with Crippen molar-refractivity contribution in [3.63, 3.8) is 0 Å². The van der Waals surface area contributed by atoms with Crippen molar-refractivity contribution in [1.82, 2.24) is 40.9 Å². The van der Waals surface area contributed by atoms with E-state index in [2.05, 4.69) is 26.6 Å². The molecule has 0 saturated heterocycles. The lowest BCUT2D eigenvalue weighted by molar-refractivity contribution is -0.384. The summed E-state index contributed by atoms with van der Waals surface area (Å²) in [4.78, 5) is 184. The fraction of sp³-hybridized carbons (Fsp3) is 0.333. The van der Waals surface area contributed by atoms with Crippen LogP contribution in [0.5, 0.6) is 0 Å². The molecule has 2 atom stereocenters. The highest BCUT2D eigenvalue weighted by Gasteiger charge is 2.37. The molecular formula is C60H62N12O17. The third-order valence-corrected chi connectivity index (χ3v) is 15.0. The molecule has 0 spiro atoms. The van der Waals surface area contributed by atoms with Crippen LogP contribution in [-0.4, -0.2) is 159 Å². The molecular weight excluding hydrogens is 1160 g/mol. The zero-order valence-electron chi connectivity index (χ0n) is 48.3. The van der Waals surface area contributed by atoms with Crippen LogP contribution in [0.2, 0.25) is 0 Å². The van der Waals surface area contributed by atoms with Gasteiger partial charge in [0, 0.05) is 110 Å². The van der Waals surface area contributed by atoms with Crippen molar-refractivity contribution in [3.8, 4) is 0 Å². The zero-order valence-corrected chi connectivity index (χ0v) is 48.3. The number of unbranched alkanes of at least 4 members (excludes halogenated alkanes) is 2. The van der Waals surface area contributed by atoms with Crippen molar-refractivity contribution in [2.75, 3.05) is 51.1 Å². The van der Waals surface area contributed by atoms with Gasteiger partial charge in [0.2, 0.25) is 23.6 Å². The van der Waals surface area contributed by atoms with Crippen LogP contribution >= 0.6 is 0 Å². The van der Waals surface area contributed by atoms with Gasteiger partial charge in [0.25, 0.3) is 46.8 Å². The zero-order chi connectivity index (χ0) is 64.2. The van der Waals surface area contributed by atoms with E-state index in [1.807, 2.05) is 0 Å². The van der Waals surface area contributed by atoms with Crippen molar-refractivity contribution in [2.45, 2.75) is 77.5 Å². The van der Waals surface area contributed by atoms with Crippen LogP contribution in [0.25, 0.3) is 21.5 Å². The second-order valence-electron chi connectivity index (χ2n) is 21.5. The first kappa shape index (κ1) is 64.0. The van der Waals surface area contributed by atoms with Crippen molar-refractivity contribution >= 4 is 110 Å². The molecule has 8 rings (SSSR count). The van der Waals surface area contributed by atoms with E-state index in [1.165, 1.54) is 78.9 Å². The number of urea groups is 1. The van der Waals surface area contributed by atoms with Crippen LogP contribution in [0, 0.1) is 26.1 Å². The minimum Gasteiger partial charge on any atom is -0.445 e. The maximum atomic E-state index is 13.9. The number of benzene rings is 5. The molecule has 0 radical (unpaired) electrons. The van der Waals surface area contributed by atoms with Gasteiger partial charge in [-0.15, -0.1) is 0 Å². The Balaban J connectivity index is 0.896. The number of hydrogen-bond acceptors (Lipinski definition) is 17. The number of nitro benzene ring substituents is 2. The van der Waals surface area contributed by atoms with E-state index in [0.29, 0.717) is 35.1 Å². The number of nitrogens with one attached hydrogen (secondary N) is 5. The van der Waals surface area contributed by atoms with Gasteiger partial charge in [-0.1, -0.05) is 56.7 Å². The van der Waals surface area contributed by atoms with Gasteiger partial charge in [-0.05, 0) is 78.6 Å². The molecule has 3 aliphatic rings. The number of amides is 13. The number of carbonyl (C=O) groups is 12. The number of nitrogens with zero attached hydrogens (tertiary/aromatic N) is 6. The van der Waals surface area contributed by atoms with Gasteiger partial charge in [-0.2, -0.15) is 0 Å². The highest BCUT2D eigenvalue weighted by Crippen LogP contribution is 2.35. The first-order chi connectivity index (χ1) is 42.5. The SMILES string of the molecule is CC(C)C(NC(=O)CCCCCN1C(=O)C=CC1=O)C(=O)N[C@@H](CCCNC(N)=O)C(=O)Nc1ccc(COC(=O)N(CCCN2C(=O)c3cccc4cc([N+](=O)[O-])cc(c34)C2=O)CCNC(=O)CN2C(=O)c3cccc4cc([N+](=O)[O-])cc(c34)C2=O)cc1. The number of anilines is 1. The molecule has 0 bridgehead atoms. The van der Waals surface area contributed by atoms with Crippen molar-refractivity contribution in [1.29, 1.82) is 0 Å². The number of carbonyl (C=O) groups excluding carboxylic acids is 12. The van der Waals surface area contributed by atoms with Gasteiger partial charge in [-0.3, -0.25) is 82.9 Å². The maximum absolute atomic E-state index is 13.9. The summed E-state index contributed by atoms with van der Waals surface area (Å²) >= 11 is 0. The van der Waals surface area contributed by atoms with E-state index in [0.717, 1.165) is 26.8 Å². The number of nitrogens with two attached hydrogens (primary N) is 1. The number of nitro groups is 2. The van der Waals surface area contributed by atoms with Gasteiger partial charge in [-0.25, -0.2) is 9.59 Å². The Kier molecular flexibility index (Phi) is 20.5. The lowest BCUT2D eigenvalue weighted by Crippen LogP contribution is -2.54. The Morgan fingerprint density at radius 1 is 0.607 bits per heavy atom. The highest BCUT2D eigenvalue weighted by atomic mass is 16.6. The quantitative estimate of drug-likeness (QED) is 0.0168. The van der Waals surface area contributed by atoms with Crippen LogP contribution in [0.1, 0.15) is 106 Å². The molecule has 29 heteroatoms. The Hall–Kier alpha value is -11.0. The number of non-ortho nitro benzene ring substituents is 2. The fourth-order valence-corrected chi connectivity index (χ4v) is 10.4. The van der Waals surface area contributed by atoms with E-state index in [-0.39, 0.29) is 121 Å². The lowest BCUT2D eigenvalue weighted by atomic mass is 9.93. The Morgan fingerprint density at radius 3 is 1.76 bits per heavy atom. The molecule has 5 aromatic rings. The highest BCUT2D eigenvalue weighted by molar-refractivity contribution is 6.27. The summed E-state index contributed by atoms with van der Waals surface area (Å²) in [6, 6.07) is 16.6. The van der Waals surface area contributed by atoms with E-state index < -0.39 is 111 Å². The van der Waals surface area contributed by atoms with Crippen molar-refractivity contribution in [3.05, 3.63) is 145 Å². The summed E-state index contributed by atoms with van der Waals surface area (Å²) < 4.78 is 5.68. The maximum Gasteiger partial charge on any atom is 0.410 e. The largest absolute Gasteiger partial charge is 0.445 e. The van der Waals surface area contributed by atoms with Gasteiger partial charge in [0.15, 0.2) is 0 Å². The lowest BCUT2D eigenvalue weighted by Gasteiger charge is -2.28. The van der Waals surface area contributed by atoms with Gasteiger partial charge in [0.05, 0.1) is 21.0 Å². The smallest absolute Gasteiger partial charge is 0.410 e. The van der Waals surface area contributed by atoms with Gasteiger partial charge in [0.1, 0.15) is 25.2 Å². The normalized spacial score (nSPS) is 14.0. The van der Waals surface area contributed by atoms with E-state index in [9.17, 15) is 77.8 Å². The average Bonchev–Trinajstić information content (AvgIpc) is 1.32. The van der Waals surface area contributed by atoms with Gasteiger partial charge < -0.3 is 42.0 Å². The first-order valence-corrected chi connectivity index (χ1v) is 28.4. The Morgan fingerprint density at radius 2 is 1.18 bits per heavy atom. The van der Waals surface area contributed by atoms with Crippen LogP contribution in [0.15, 0.2) is 97.1 Å². The Bertz CT molecular complexity index is 3760. The summed E-state index contributed by atoms with van der Waals surface area (Å²) in [6.07, 6.45) is 3.08. The third-order valence-electron chi connectivity index (χ3n) is 15.0. The molecule has 0 aromatic heterocycles. The number of imide groups is 3. The molecule has 13 amide bonds. The second kappa shape index (κ2) is 28.5. The molecule has 0 saturated carbocycles. The predicted octanol–water partition coefficient (Wildman–Crippen LogP) is 4.34. The Labute approximate surface area is 506 Å². The van der Waals surface area contributed by atoms with Crippen molar-refractivity contribution in [2.24, 2.45) is 11.7 Å². The standard InChI is InChI=1S/C60H62N12O17/c1-34(2)52(66-46(73)15-4-3-5-25-68-48(75)20-21-49(68)76)54(78)65-45(14-8-22-63-59(61)83)53(77)64-38-18-16-35(17-19-38)33-89-60(84)67(24-9-26-69-55(79)41-12-6-10-36-28-39(71(85)86)30-43(50(36)41)57(69)81)27-23-62-47(74)32-70-56(80)42-13-7-11-37-29-40(72(87)88)31-44(51(37)42)58(70)82/h6-7,10-13,16-21,28-31,34,45,52H,3-5,8-9,14-15,22-27,32-33H2,1-2H3,(H,62,74)(H,64,77)(H,65,78)(H,66,73)(H3,61,63,83)/t45-,52?/m0/s1. The minimum atomic E-state index is -1.18. The third kappa shape index (κ3) is 15.3. The molecule has 0 aliphatic carbocycles. The summed E-state index contributed by atoms with van der Waals surface area (Å²) in [5.41, 5.74) is 5.09. The van der Waals surface area contributed by atoms with Crippen LogP contribution in [0.4, 0.5) is 26.7 Å².